The lowest BCUT2D eigenvalue weighted by molar-refractivity contribution is 0.480. The fraction of sp³-hybridized carbons (Fsp3) is 0.100. The number of benzene rings is 1. The normalized spacial score (nSPS) is 9.62. The Morgan fingerprint density at radius 1 is 1.15 bits per heavy atom. The van der Waals surface area contributed by atoms with E-state index in [-0.39, 0.29) is 28.8 Å². The minimum Gasteiger partial charge on any atom is -0.506 e. The van der Waals surface area contributed by atoms with Crippen LogP contribution in [0, 0.1) is 6.92 Å². The molecule has 3 heteroatoms. The van der Waals surface area contributed by atoms with E-state index in [0.717, 1.165) is 11.1 Å². The largest absolute Gasteiger partial charge is 0.506 e. The van der Waals surface area contributed by atoms with Crippen molar-refractivity contribution in [1.82, 2.24) is 4.98 Å². The first-order valence-corrected chi connectivity index (χ1v) is 3.83. The summed E-state index contributed by atoms with van der Waals surface area (Å²) in [5, 5.41) is 10.4. The summed E-state index contributed by atoms with van der Waals surface area (Å²) in [6.45, 7) is 1.91. The highest BCUT2D eigenvalue weighted by molar-refractivity contribution is 5.84. The first-order valence-electron chi connectivity index (χ1n) is 3.83. The first kappa shape index (κ1) is 10.3. The number of aromatic nitrogens is 1. The number of phenolic OH excluding ortho intramolecular Hbond substituents is 1. The van der Waals surface area contributed by atoms with E-state index in [4.69, 9.17) is 0 Å². The Hall–Kier alpha value is -0.804. The maximum Gasteiger partial charge on any atom is 0.316 e. The van der Waals surface area contributed by atoms with Crippen LogP contribution in [0.1, 0.15) is 5.69 Å². The van der Waals surface area contributed by atoms with E-state index in [2.05, 4.69) is 4.98 Å². The van der Waals surface area contributed by atoms with E-state index >= 15 is 0 Å². The fourth-order valence-electron chi connectivity index (χ4n) is 1.23. The number of hydrogen-bond acceptors (Lipinski definition) is 2. The van der Waals surface area contributed by atoms with Crippen LogP contribution in [-0.2, 0) is 0 Å². The third-order valence-corrected chi connectivity index (χ3v) is 1.84. The molecule has 0 saturated carbocycles. The Balaban J connectivity index is 0.000000845. The van der Waals surface area contributed by atoms with Crippen LogP contribution in [0.25, 0.3) is 10.9 Å². The molecule has 0 atom stereocenters. The average Bonchev–Trinajstić information content (AvgIpc) is 2.07. The van der Waals surface area contributed by atoms with Crippen molar-refractivity contribution >= 4 is 34.0 Å². The Kier molecular flexibility index (Phi) is 3.11. The number of aromatic hydroxyl groups is 1. The van der Waals surface area contributed by atoms with Crippen molar-refractivity contribution in [3.63, 3.8) is 0 Å². The zero-order chi connectivity index (χ0) is 8.55. The van der Waals surface area contributed by atoms with Gasteiger partial charge in [-0.05, 0) is 19.1 Å². The van der Waals surface area contributed by atoms with Gasteiger partial charge < -0.3 is 5.11 Å². The van der Waals surface area contributed by atoms with Gasteiger partial charge in [-0.25, -0.2) is 4.98 Å². The molecule has 0 bridgehead atoms. The molecule has 0 aliphatic carbocycles. The molecule has 2 nitrogen and oxygen atoms in total. The van der Waals surface area contributed by atoms with Crippen LogP contribution in [0.2, 0.25) is 0 Å². The molecule has 1 aromatic heterocycles. The highest BCUT2D eigenvalue weighted by Gasteiger charge is 1.98. The molecule has 0 saturated heterocycles. The number of rotatable bonds is 0. The summed E-state index contributed by atoms with van der Waals surface area (Å²) in [4.78, 5) is 4.23. The van der Waals surface area contributed by atoms with Crippen LogP contribution < -0.4 is 0 Å². The Morgan fingerprint density at radius 2 is 1.92 bits per heavy atom. The lowest BCUT2D eigenvalue weighted by atomic mass is 10.2. The van der Waals surface area contributed by atoms with Crippen molar-refractivity contribution in [2.24, 2.45) is 0 Å². The minimum absolute atomic E-state index is 0. The van der Waals surface area contributed by atoms with Crippen LogP contribution in [0.4, 0.5) is 0 Å². The first-order chi connectivity index (χ1) is 5.77. The number of hydrogen-bond donors (Lipinski definition) is 1. The molecule has 13 heavy (non-hydrogen) atoms. The SMILES string of the molecule is Cc1ccc2cccc(O)c2n1.[MgH2]. The second-order valence-electron chi connectivity index (χ2n) is 2.80. The summed E-state index contributed by atoms with van der Waals surface area (Å²) >= 11 is 0. The number of aryl methyl sites for hydroxylation is 1. The van der Waals surface area contributed by atoms with Crippen molar-refractivity contribution in [2.45, 2.75) is 6.92 Å². The lowest BCUT2D eigenvalue weighted by Gasteiger charge is -1.99. The van der Waals surface area contributed by atoms with Gasteiger partial charge in [-0.2, -0.15) is 0 Å². The van der Waals surface area contributed by atoms with Crippen molar-refractivity contribution in [3.8, 4) is 5.75 Å². The second-order valence-corrected chi connectivity index (χ2v) is 2.80. The molecular formula is C10H11MgNO. The molecule has 0 amide bonds. The number of phenols is 1. The van der Waals surface area contributed by atoms with E-state index in [0.29, 0.717) is 5.52 Å². The van der Waals surface area contributed by atoms with Gasteiger partial charge >= 0.3 is 23.1 Å². The van der Waals surface area contributed by atoms with Crippen LogP contribution >= 0.6 is 0 Å². The molecular weight excluding hydrogens is 174 g/mol. The maximum absolute atomic E-state index is 9.43. The summed E-state index contributed by atoms with van der Waals surface area (Å²) < 4.78 is 0. The van der Waals surface area contributed by atoms with Gasteiger partial charge in [0.2, 0.25) is 0 Å². The van der Waals surface area contributed by atoms with E-state index in [1.807, 2.05) is 31.2 Å². The van der Waals surface area contributed by atoms with Crippen molar-refractivity contribution in [2.75, 3.05) is 0 Å². The highest BCUT2D eigenvalue weighted by Crippen LogP contribution is 2.21. The monoisotopic (exact) mass is 185 g/mol. The molecule has 2 rings (SSSR count). The average molecular weight is 186 g/mol. The van der Waals surface area contributed by atoms with Crippen molar-refractivity contribution in [1.29, 1.82) is 0 Å². The highest BCUT2D eigenvalue weighted by atomic mass is 24.3. The maximum atomic E-state index is 9.43. The van der Waals surface area contributed by atoms with Gasteiger partial charge in [0.25, 0.3) is 0 Å². The number of fused-ring (bicyclic) bond motifs is 1. The van der Waals surface area contributed by atoms with Crippen LogP contribution in [0.5, 0.6) is 5.75 Å². The zero-order valence-corrected chi connectivity index (χ0v) is 6.78. The standard InChI is InChI=1S/C10H9NO.Mg.2H/c1-7-5-6-8-3-2-4-9(12)10(8)11-7;;;/h2-6,12H,1H3;;;. The van der Waals surface area contributed by atoms with E-state index in [1.165, 1.54) is 0 Å². The van der Waals surface area contributed by atoms with Gasteiger partial charge in [-0.1, -0.05) is 18.2 Å². The van der Waals surface area contributed by atoms with Gasteiger partial charge in [-0.15, -0.1) is 0 Å². The van der Waals surface area contributed by atoms with Gasteiger partial charge in [-0.3, -0.25) is 0 Å². The molecule has 0 aliphatic heterocycles. The molecule has 0 fully saturated rings. The molecule has 1 heterocycles. The van der Waals surface area contributed by atoms with Gasteiger partial charge in [0.1, 0.15) is 11.3 Å². The number of para-hydroxylation sites is 1. The summed E-state index contributed by atoms with van der Waals surface area (Å²) in [7, 11) is 0. The van der Waals surface area contributed by atoms with Crippen molar-refractivity contribution in [3.05, 3.63) is 36.0 Å². The predicted molar refractivity (Wildman–Crippen MR) is 56.7 cm³/mol. The quantitative estimate of drug-likeness (QED) is 0.628. The molecule has 0 aliphatic rings. The molecule has 0 spiro atoms. The second kappa shape index (κ2) is 3.94. The van der Waals surface area contributed by atoms with Gasteiger partial charge in [0.05, 0.1) is 0 Å². The lowest BCUT2D eigenvalue weighted by Crippen LogP contribution is -1.82. The molecule has 1 N–H and O–H groups in total. The molecule has 1 aromatic carbocycles. The van der Waals surface area contributed by atoms with E-state index in [9.17, 15) is 5.11 Å². The smallest absolute Gasteiger partial charge is 0.316 e. The van der Waals surface area contributed by atoms with Crippen LogP contribution in [0.3, 0.4) is 0 Å². The summed E-state index contributed by atoms with van der Waals surface area (Å²) in [5.74, 6) is 0.246. The summed E-state index contributed by atoms with van der Waals surface area (Å²) in [6.07, 6.45) is 0. The summed E-state index contributed by atoms with van der Waals surface area (Å²) in [6, 6.07) is 9.28. The Labute approximate surface area is 92.8 Å². The zero-order valence-electron chi connectivity index (χ0n) is 6.78. The molecule has 0 unspecified atom stereocenters. The van der Waals surface area contributed by atoms with Gasteiger partial charge in [0, 0.05) is 11.1 Å². The molecule has 64 valence electrons. The number of nitrogens with zero attached hydrogens (tertiary/aromatic N) is 1. The number of pyridine rings is 1. The molecule has 2 aromatic rings. The topological polar surface area (TPSA) is 33.1 Å². The minimum atomic E-state index is 0. The van der Waals surface area contributed by atoms with E-state index < -0.39 is 0 Å². The Morgan fingerprint density at radius 3 is 2.69 bits per heavy atom. The third-order valence-electron chi connectivity index (χ3n) is 1.84. The van der Waals surface area contributed by atoms with Crippen molar-refractivity contribution < 1.29 is 5.11 Å². The van der Waals surface area contributed by atoms with Crippen LogP contribution in [0.15, 0.2) is 30.3 Å². The van der Waals surface area contributed by atoms with E-state index in [1.54, 1.807) is 6.07 Å². The summed E-state index contributed by atoms with van der Waals surface area (Å²) in [5.41, 5.74) is 1.60. The predicted octanol–water partition coefficient (Wildman–Crippen LogP) is 1.33. The third kappa shape index (κ3) is 1.92. The van der Waals surface area contributed by atoms with Crippen LogP contribution in [-0.4, -0.2) is 33.1 Å². The molecule has 0 radical (unpaired) electrons. The Bertz CT molecular complexity index is 428. The fourth-order valence-corrected chi connectivity index (χ4v) is 1.23. The van der Waals surface area contributed by atoms with Gasteiger partial charge in [0.15, 0.2) is 0 Å².